The van der Waals surface area contributed by atoms with Crippen molar-refractivity contribution >= 4 is 17.6 Å². The number of carbonyl (C=O) groups is 2. The molecule has 0 spiro atoms. The number of nitrogens with one attached hydrogen (secondary N) is 1. The van der Waals surface area contributed by atoms with Crippen molar-refractivity contribution in [3.8, 4) is 0 Å². The smallest absolute Gasteiger partial charge is 0.231 e. The summed E-state index contributed by atoms with van der Waals surface area (Å²) in [5.74, 6) is -3.19. The summed E-state index contributed by atoms with van der Waals surface area (Å²) in [6.07, 6.45) is 5.70. The first kappa shape index (κ1) is 13.5. The van der Waals surface area contributed by atoms with Crippen LogP contribution in [0.1, 0.15) is 17.5 Å². The molecule has 5 heteroatoms. The van der Waals surface area contributed by atoms with Crippen LogP contribution >= 0.6 is 0 Å². The predicted octanol–water partition coefficient (Wildman–Crippen LogP) is 0.433. The van der Waals surface area contributed by atoms with E-state index >= 15 is 0 Å². The van der Waals surface area contributed by atoms with Gasteiger partial charge in [0.15, 0.2) is 0 Å². The first-order chi connectivity index (χ1) is 10.6. The van der Waals surface area contributed by atoms with Crippen molar-refractivity contribution in [3.05, 3.63) is 41.5 Å². The fourth-order valence-corrected chi connectivity index (χ4v) is 3.78. The molecule has 1 N–H and O–H groups in total. The molecule has 2 heterocycles. The Hall–Kier alpha value is -2.14. The molecule has 4 atom stereocenters. The van der Waals surface area contributed by atoms with Gasteiger partial charge in [0, 0.05) is 17.6 Å². The molecule has 3 aliphatic rings. The normalized spacial score (nSPS) is 31.3. The minimum atomic E-state index is -1.23. The first-order valence-corrected chi connectivity index (χ1v) is 7.61. The van der Waals surface area contributed by atoms with Gasteiger partial charge in [-0.15, -0.1) is 0 Å². The molecular weight excluding hydrogens is 282 g/mol. The van der Waals surface area contributed by atoms with E-state index in [2.05, 4.69) is 5.32 Å². The predicted molar refractivity (Wildman–Crippen MR) is 76.9 cm³/mol. The summed E-state index contributed by atoms with van der Waals surface area (Å²) >= 11 is 0. The van der Waals surface area contributed by atoms with Crippen LogP contribution in [-0.2, 0) is 27.2 Å². The highest BCUT2D eigenvalue weighted by Crippen LogP contribution is 2.39. The third-order valence-electron chi connectivity index (χ3n) is 4.84. The van der Waals surface area contributed by atoms with Gasteiger partial charge in [0.25, 0.3) is 0 Å². The van der Waals surface area contributed by atoms with Crippen molar-refractivity contribution in [3.63, 3.8) is 0 Å². The molecule has 2 aliphatic heterocycles. The largest absolute Gasteiger partial charge is 0.550 e. The van der Waals surface area contributed by atoms with E-state index in [-0.39, 0.29) is 5.91 Å². The molecule has 0 saturated carbocycles. The van der Waals surface area contributed by atoms with E-state index in [1.165, 1.54) is 11.1 Å². The highest BCUT2D eigenvalue weighted by molar-refractivity contribution is 5.96. The van der Waals surface area contributed by atoms with Gasteiger partial charge in [0.05, 0.1) is 18.1 Å². The molecule has 0 unspecified atom stereocenters. The second-order valence-corrected chi connectivity index (χ2v) is 6.15. The number of hydrogen-bond acceptors (Lipinski definition) is 4. The van der Waals surface area contributed by atoms with Crippen LogP contribution in [0.5, 0.6) is 0 Å². The maximum Gasteiger partial charge on any atom is 0.231 e. The zero-order chi connectivity index (χ0) is 15.3. The van der Waals surface area contributed by atoms with E-state index in [0.29, 0.717) is 0 Å². The molecule has 22 heavy (non-hydrogen) atoms. The Labute approximate surface area is 128 Å². The molecule has 0 aromatic heterocycles. The van der Waals surface area contributed by atoms with Crippen LogP contribution in [0, 0.1) is 11.8 Å². The number of benzene rings is 1. The van der Waals surface area contributed by atoms with E-state index in [1.54, 1.807) is 12.2 Å². The number of aliphatic carboxylic acids is 1. The van der Waals surface area contributed by atoms with E-state index in [1.807, 2.05) is 18.2 Å². The summed E-state index contributed by atoms with van der Waals surface area (Å²) in [4.78, 5) is 23.8. The van der Waals surface area contributed by atoms with Crippen LogP contribution in [0.3, 0.4) is 0 Å². The van der Waals surface area contributed by atoms with Crippen molar-refractivity contribution < 1.29 is 19.4 Å². The van der Waals surface area contributed by atoms with E-state index in [4.69, 9.17) is 4.74 Å². The molecule has 0 radical (unpaired) electrons. The Morgan fingerprint density at radius 1 is 1.09 bits per heavy atom. The Morgan fingerprint density at radius 3 is 2.59 bits per heavy atom. The van der Waals surface area contributed by atoms with Crippen LogP contribution in [0.2, 0.25) is 0 Å². The third kappa shape index (κ3) is 2.04. The molecule has 1 amide bonds. The van der Waals surface area contributed by atoms with Crippen molar-refractivity contribution in [2.45, 2.75) is 31.5 Å². The van der Waals surface area contributed by atoms with E-state index < -0.39 is 30.0 Å². The lowest BCUT2D eigenvalue weighted by Crippen LogP contribution is -2.45. The number of carbonyl (C=O) groups excluding carboxylic acids is 2. The second kappa shape index (κ2) is 4.95. The van der Waals surface area contributed by atoms with Crippen molar-refractivity contribution in [1.29, 1.82) is 0 Å². The van der Waals surface area contributed by atoms with Crippen LogP contribution in [-0.4, -0.2) is 24.1 Å². The lowest BCUT2D eigenvalue weighted by atomic mass is 9.82. The number of fused-ring (bicyclic) bond motifs is 3. The van der Waals surface area contributed by atoms with Gasteiger partial charge in [0.2, 0.25) is 5.91 Å². The maximum absolute atomic E-state index is 12.5. The van der Waals surface area contributed by atoms with Gasteiger partial charge in [-0.1, -0.05) is 18.2 Å². The highest BCUT2D eigenvalue weighted by Gasteiger charge is 2.50. The molecule has 1 fully saturated rings. The molecule has 1 aromatic rings. The number of rotatable bonds is 3. The average molecular weight is 298 g/mol. The monoisotopic (exact) mass is 298 g/mol. The lowest BCUT2D eigenvalue weighted by Gasteiger charge is -2.25. The summed E-state index contributed by atoms with van der Waals surface area (Å²) in [6.45, 7) is 0. The number of anilines is 1. The maximum atomic E-state index is 12.5. The molecule has 114 valence electrons. The van der Waals surface area contributed by atoms with Crippen LogP contribution in [0.4, 0.5) is 5.69 Å². The minimum Gasteiger partial charge on any atom is -0.550 e. The summed E-state index contributed by atoms with van der Waals surface area (Å²) in [6, 6.07) is 5.89. The van der Waals surface area contributed by atoms with Crippen LogP contribution in [0.15, 0.2) is 30.4 Å². The van der Waals surface area contributed by atoms with Gasteiger partial charge < -0.3 is 20.0 Å². The summed E-state index contributed by atoms with van der Waals surface area (Å²) < 4.78 is 5.50. The molecule has 5 nitrogen and oxygen atoms in total. The number of aryl methyl sites for hydroxylation is 2. The Kier molecular flexibility index (Phi) is 3.04. The molecular formula is C17H16NO4-. The quantitative estimate of drug-likeness (QED) is 0.821. The van der Waals surface area contributed by atoms with Gasteiger partial charge >= 0.3 is 0 Å². The average Bonchev–Trinajstić information content (AvgIpc) is 3.20. The molecule has 1 aliphatic carbocycles. The Bertz CT molecular complexity index is 681. The third-order valence-corrected chi connectivity index (χ3v) is 4.84. The van der Waals surface area contributed by atoms with Gasteiger partial charge in [0.1, 0.15) is 0 Å². The first-order valence-electron chi connectivity index (χ1n) is 7.61. The van der Waals surface area contributed by atoms with Gasteiger partial charge in [-0.2, -0.15) is 0 Å². The number of carboxylic acid groups (broad SMARTS) is 1. The number of hydrogen-bond donors (Lipinski definition) is 1. The number of amides is 1. The van der Waals surface area contributed by atoms with Gasteiger partial charge in [-0.3, -0.25) is 4.79 Å². The summed E-state index contributed by atoms with van der Waals surface area (Å²) in [5.41, 5.74) is 3.31. The lowest BCUT2D eigenvalue weighted by molar-refractivity contribution is -0.313. The van der Waals surface area contributed by atoms with Crippen molar-refractivity contribution in [2.75, 3.05) is 5.32 Å². The summed E-state index contributed by atoms with van der Waals surface area (Å²) in [7, 11) is 0. The molecule has 1 saturated heterocycles. The standard InChI is InChI=1S/C17H17NO4/c19-16(14-12-6-7-13(22-12)15(14)17(20)21)18-11-5-4-9-2-1-3-10(9)8-11/h4-8,12-15H,1-3H2,(H,18,19)(H,20,21)/p-1/t12-,13+,14+,15+/m1/s1. The zero-order valence-corrected chi connectivity index (χ0v) is 12.0. The topological polar surface area (TPSA) is 78.5 Å². The second-order valence-electron chi connectivity index (χ2n) is 6.15. The fraction of sp³-hybridized carbons (Fsp3) is 0.412. The summed E-state index contributed by atoms with van der Waals surface area (Å²) in [5, 5.41) is 14.1. The zero-order valence-electron chi connectivity index (χ0n) is 12.0. The van der Waals surface area contributed by atoms with Crippen molar-refractivity contribution in [1.82, 2.24) is 0 Å². The number of carboxylic acids is 1. The Morgan fingerprint density at radius 2 is 1.82 bits per heavy atom. The SMILES string of the molecule is O=C([O-])[C@@H]1[C@@H](C(=O)Nc2ccc3c(c2)CCC3)[C@H]2C=C[C@@H]1O2. The van der Waals surface area contributed by atoms with Crippen LogP contribution in [0.25, 0.3) is 0 Å². The van der Waals surface area contributed by atoms with Gasteiger partial charge in [-0.25, -0.2) is 0 Å². The molecule has 2 bridgehead atoms. The fourth-order valence-electron chi connectivity index (χ4n) is 3.78. The number of ether oxygens (including phenoxy) is 1. The van der Waals surface area contributed by atoms with Crippen molar-refractivity contribution in [2.24, 2.45) is 11.8 Å². The van der Waals surface area contributed by atoms with Crippen LogP contribution < -0.4 is 10.4 Å². The van der Waals surface area contributed by atoms with E-state index in [9.17, 15) is 14.7 Å². The molecule has 4 rings (SSSR count). The highest BCUT2D eigenvalue weighted by atomic mass is 16.5. The van der Waals surface area contributed by atoms with E-state index in [0.717, 1.165) is 24.9 Å². The Balaban J connectivity index is 1.55. The molecule has 1 aromatic carbocycles. The van der Waals surface area contributed by atoms with Gasteiger partial charge in [-0.05, 0) is 42.5 Å². The minimum absolute atomic E-state index is 0.316.